The second-order valence-corrected chi connectivity index (χ2v) is 5.88. The lowest BCUT2D eigenvalue weighted by Crippen LogP contribution is -2.47. The number of nitrogens with two attached hydrogens (primary N) is 1. The van der Waals surface area contributed by atoms with Crippen LogP contribution in [0.15, 0.2) is 28.8 Å². The van der Waals surface area contributed by atoms with Crippen molar-refractivity contribution in [3.05, 3.63) is 36.0 Å². The van der Waals surface area contributed by atoms with Crippen molar-refractivity contribution in [1.82, 2.24) is 15.0 Å². The number of hydrogen-bond acceptors (Lipinski definition) is 5. The van der Waals surface area contributed by atoms with E-state index in [2.05, 4.69) is 10.1 Å². The lowest BCUT2D eigenvalue weighted by atomic mass is 9.96. The molecule has 0 unspecified atom stereocenters. The van der Waals surface area contributed by atoms with Gasteiger partial charge in [0.25, 0.3) is 0 Å². The molecular weight excluding hydrogens is 299 g/mol. The Balaban J connectivity index is 1.76. The first-order chi connectivity index (χ1) is 11.0. The van der Waals surface area contributed by atoms with E-state index < -0.39 is 0 Å². The molecule has 1 aromatic heterocycles. The Morgan fingerprint density at radius 2 is 2.35 bits per heavy atom. The highest BCUT2D eigenvalue weighted by molar-refractivity contribution is 5.79. The Labute approximate surface area is 133 Å². The van der Waals surface area contributed by atoms with Crippen LogP contribution in [0.25, 0.3) is 11.4 Å². The Hall–Kier alpha value is -2.28. The Bertz CT molecular complexity index is 703. The fraction of sp³-hybridized carbons (Fsp3) is 0.438. The molecule has 2 atom stereocenters. The summed E-state index contributed by atoms with van der Waals surface area (Å²) in [7, 11) is 0. The SMILES string of the molecule is C[C@@H](C(N)=O)N1CCC[C@@H](c2nc(-c3cccc(F)c3)no2)C1. The van der Waals surface area contributed by atoms with Crippen LogP contribution < -0.4 is 5.73 Å². The Kier molecular flexibility index (Phi) is 4.38. The first-order valence-electron chi connectivity index (χ1n) is 7.67. The van der Waals surface area contributed by atoms with Gasteiger partial charge < -0.3 is 10.3 Å². The molecule has 6 nitrogen and oxygen atoms in total. The lowest BCUT2D eigenvalue weighted by molar-refractivity contribution is -0.123. The number of carbonyl (C=O) groups excluding carboxylic acids is 1. The van der Waals surface area contributed by atoms with Gasteiger partial charge in [0.2, 0.25) is 17.6 Å². The van der Waals surface area contributed by atoms with Crippen LogP contribution in [0.3, 0.4) is 0 Å². The molecule has 2 N–H and O–H groups in total. The first-order valence-corrected chi connectivity index (χ1v) is 7.67. The highest BCUT2D eigenvalue weighted by Crippen LogP contribution is 2.28. The average molecular weight is 318 g/mol. The lowest BCUT2D eigenvalue weighted by Gasteiger charge is -2.33. The van der Waals surface area contributed by atoms with Gasteiger partial charge in [-0.1, -0.05) is 17.3 Å². The molecule has 1 saturated heterocycles. The maximum Gasteiger partial charge on any atom is 0.234 e. The van der Waals surface area contributed by atoms with Crippen molar-refractivity contribution in [2.75, 3.05) is 13.1 Å². The van der Waals surface area contributed by atoms with Crippen LogP contribution >= 0.6 is 0 Å². The van der Waals surface area contributed by atoms with Crippen molar-refractivity contribution in [3.8, 4) is 11.4 Å². The van der Waals surface area contributed by atoms with Crippen molar-refractivity contribution in [3.63, 3.8) is 0 Å². The smallest absolute Gasteiger partial charge is 0.234 e. The molecule has 0 saturated carbocycles. The summed E-state index contributed by atoms with van der Waals surface area (Å²) in [5.74, 6) is 0.273. The van der Waals surface area contributed by atoms with Gasteiger partial charge in [0, 0.05) is 12.1 Å². The molecule has 0 radical (unpaired) electrons. The van der Waals surface area contributed by atoms with Gasteiger partial charge in [-0.2, -0.15) is 4.98 Å². The van der Waals surface area contributed by atoms with Crippen molar-refractivity contribution in [1.29, 1.82) is 0 Å². The van der Waals surface area contributed by atoms with Gasteiger partial charge in [-0.3, -0.25) is 9.69 Å². The number of carbonyl (C=O) groups is 1. The van der Waals surface area contributed by atoms with Crippen molar-refractivity contribution >= 4 is 5.91 Å². The summed E-state index contributed by atoms with van der Waals surface area (Å²) in [6.45, 7) is 3.27. The van der Waals surface area contributed by atoms with E-state index in [4.69, 9.17) is 10.3 Å². The zero-order valence-electron chi connectivity index (χ0n) is 12.9. The van der Waals surface area contributed by atoms with Crippen LogP contribution in [0.5, 0.6) is 0 Å². The molecule has 1 aliphatic rings. The summed E-state index contributed by atoms with van der Waals surface area (Å²) in [6.07, 6.45) is 1.84. The third kappa shape index (κ3) is 3.39. The second kappa shape index (κ2) is 6.45. The zero-order chi connectivity index (χ0) is 16.4. The van der Waals surface area contributed by atoms with E-state index in [1.54, 1.807) is 19.1 Å². The van der Waals surface area contributed by atoms with Gasteiger partial charge >= 0.3 is 0 Å². The van der Waals surface area contributed by atoms with Crippen molar-refractivity contribution in [2.45, 2.75) is 31.7 Å². The minimum Gasteiger partial charge on any atom is -0.368 e. The summed E-state index contributed by atoms with van der Waals surface area (Å²) >= 11 is 0. The standard InChI is InChI=1S/C16H19FN4O2/c1-10(14(18)22)21-7-3-5-12(9-21)16-19-15(20-23-16)11-4-2-6-13(17)8-11/h2,4,6,8,10,12H,3,5,7,9H2,1H3,(H2,18,22)/t10-,12+/m0/s1. The third-order valence-electron chi connectivity index (χ3n) is 4.29. The molecule has 0 bridgehead atoms. The van der Waals surface area contributed by atoms with Gasteiger partial charge in [0.15, 0.2) is 0 Å². The van der Waals surface area contributed by atoms with E-state index in [1.165, 1.54) is 12.1 Å². The summed E-state index contributed by atoms with van der Waals surface area (Å²) in [6, 6.07) is 5.77. The summed E-state index contributed by atoms with van der Waals surface area (Å²) in [4.78, 5) is 17.8. The fourth-order valence-corrected chi connectivity index (χ4v) is 2.89. The van der Waals surface area contributed by atoms with Crippen LogP contribution in [-0.4, -0.2) is 40.1 Å². The number of piperidine rings is 1. The largest absolute Gasteiger partial charge is 0.368 e. The number of hydrogen-bond donors (Lipinski definition) is 1. The molecule has 1 aliphatic heterocycles. The van der Waals surface area contributed by atoms with Crippen LogP contribution in [-0.2, 0) is 4.79 Å². The highest BCUT2D eigenvalue weighted by Gasteiger charge is 2.30. The minimum atomic E-state index is -0.340. The fourth-order valence-electron chi connectivity index (χ4n) is 2.89. The Morgan fingerprint density at radius 3 is 3.09 bits per heavy atom. The topological polar surface area (TPSA) is 85.3 Å². The molecule has 122 valence electrons. The van der Waals surface area contributed by atoms with E-state index in [9.17, 15) is 9.18 Å². The van der Waals surface area contributed by atoms with Crippen LogP contribution in [0.4, 0.5) is 4.39 Å². The van der Waals surface area contributed by atoms with Gasteiger partial charge in [0.1, 0.15) is 5.82 Å². The predicted octanol–water partition coefficient (Wildman–Crippen LogP) is 1.93. The Morgan fingerprint density at radius 1 is 1.52 bits per heavy atom. The van der Waals surface area contributed by atoms with Crippen LogP contribution in [0.2, 0.25) is 0 Å². The molecule has 23 heavy (non-hydrogen) atoms. The van der Waals surface area contributed by atoms with Crippen molar-refractivity contribution < 1.29 is 13.7 Å². The number of rotatable bonds is 4. The van der Waals surface area contributed by atoms with E-state index in [1.807, 2.05) is 4.90 Å². The zero-order valence-corrected chi connectivity index (χ0v) is 12.9. The van der Waals surface area contributed by atoms with Gasteiger partial charge in [-0.15, -0.1) is 0 Å². The molecule has 0 aliphatic carbocycles. The number of aromatic nitrogens is 2. The second-order valence-electron chi connectivity index (χ2n) is 5.88. The molecule has 1 aromatic carbocycles. The summed E-state index contributed by atoms with van der Waals surface area (Å²) in [5, 5.41) is 3.94. The van der Waals surface area contributed by atoms with Crippen LogP contribution in [0.1, 0.15) is 31.6 Å². The maximum atomic E-state index is 13.3. The van der Waals surface area contributed by atoms with E-state index in [-0.39, 0.29) is 23.7 Å². The first kappa shape index (κ1) is 15.6. The van der Waals surface area contributed by atoms with E-state index in [0.29, 0.717) is 23.8 Å². The number of benzene rings is 1. The van der Waals surface area contributed by atoms with Gasteiger partial charge in [-0.05, 0) is 38.4 Å². The number of likely N-dealkylation sites (tertiary alicyclic amines) is 1. The van der Waals surface area contributed by atoms with E-state index >= 15 is 0 Å². The quantitative estimate of drug-likeness (QED) is 0.931. The molecule has 1 amide bonds. The molecule has 2 heterocycles. The van der Waals surface area contributed by atoms with Crippen molar-refractivity contribution in [2.24, 2.45) is 5.73 Å². The molecule has 0 spiro atoms. The highest BCUT2D eigenvalue weighted by atomic mass is 19.1. The summed E-state index contributed by atoms with van der Waals surface area (Å²) < 4.78 is 18.7. The maximum absolute atomic E-state index is 13.3. The molecule has 1 fully saturated rings. The monoisotopic (exact) mass is 318 g/mol. The third-order valence-corrected chi connectivity index (χ3v) is 4.29. The van der Waals surface area contributed by atoms with Gasteiger partial charge in [0.05, 0.1) is 12.0 Å². The molecule has 3 rings (SSSR count). The van der Waals surface area contributed by atoms with Gasteiger partial charge in [-0.25, -0.2) is 4.39 Å². The number of primary amides is 1. The number of nitrogens with zero attached hydrogens (tertiary/aromatic N) is 3. The molecule has 2 aromatic rings. The van der Waals surface area contributed by atoms with Crippen LogP contribution in [0, 0.1) is 5.82 Å². The minimum absolute atomic E-state index is 0.0559. The number of amides is 1. The molecule has 7 heteroatoms. The normalized spacial score (nSPS) is 20.3. The number of halogens is 1. The summed E-state index contributed by atoms with van der Waals surface area (Å²) in [5.41, 5.74) is 5.96. The van der Waals surface area contributed by atoms with E-state index in [0.717, 1.165) is 19.4 Å². The molecular formula is C16H19FN4O2. The average Bonchev–Trinajstić information content (AvgIpc) is 3.04. The predicted molar refractivity (Wildman–Crippen MR) is 81.9 cm³/mol.